The van der Waals surface area contributed by atoms with Crippen molar-refractivity contribution in [2.75, 3.05) is 0 Å². The molecule has 4 rings (SSSR count). The maximum absolute atomic E-state index is 14.8. The summed E-state index contributed by atoms with van der Waals surface area (Å²) in [5.41, 5.74) is 4.39. The van der Waals surface area contributed by atoms with Gasteiger partial charge in [-0.3, -0.25) is 0 Å². The maximum atomic E-state index is 14.8. The average Bonchev–Trinajstić information content (AvgIpc) is 2.78. The van der Waals surface area contributed by atoms with E-state index in [4.69, 9.17) is 0 Å². The van der Waals surface area contributed by atoms with E-state index in [9.17, 15) is 13.2 Å². The Kier molecular flexibility index (Phi) is 6.96. The molecule has 0 heterocycles. The summed E-state index contributed by atoms with van der Waals surface area (Å²) in [5, 5.41) is 0. The highest BCUT2D eigenvalue weighted by Gasteiger charge is 2.17. The lowest BCUT2D eigenvalue weighted by atomic mass is 9.96. The normalized spacial score (nSPS) is 10.4. The van der Waals surface area contributed by atoms with Gasteiger partial charge in [0.2, 0.25) is 0 Å². The minimum absolute atomic E-state index is 0.0349. The molecule has 0 amide bonds. The van der Waals surface area contributed by atoms with Crippen molar-refractivity contribution in [3.05, 3.63) is 107 Å². The molecule has 0 aliphatic heterocycles. The molecule has 4 aromatic rings. The molecule has 0 N–H and O–H groups in total. The zero-order valence-corrected chi connectivity index (χ0v) is 18.1. The third kappa shape index (κ3) is 4.72. The second-order valence-corrected chi connectivity index (χ2v) is 7.22. The molecule has 0 radical (unpaired) electrons. The molecule has 0 bridgehead atoms. The van der Waals surface area contributed by atoms with Crippen molar-refractivity contribution in [3.63, 3.8) is 0 Å². The fourth-order valence-electron chi connectivity index (χ4n) is 3.38. The first-order valence-corrected chi connectivity index (χ1v) is 10.4. The third-order valence-corrected chi connectivity index (χ3v) is 5.09. The van der Waals surface area contributed by atoms with Crippen LogP contribution in [0.5, 0.6) is 0 Å². The zero-order chi connectivity index (χ0) is 22.5. The number of aryl methyl sites for hydroxylation is 2. The van der Waals surface area contributed by atoms with Gasteiger partial charge in [0.05, 0.1) is 0 Å². The Labute approximate surface area is 182 Å². The number of rotatable bonds is 3. The van der Waals surface area contributed by atoms with Gasteiger partial charge in [0.25, 0.3) is 0 Å². The standard InChI is InChI=1S/C26H19F3.C2H6/c1-16-3-7-18(8-4-16)21-12-11-20(15-24(21)27)23-14-13-22(25(28)26(23)29)19-9-5-17(2)6-10-19;1-2/h3-15H,1-2H3;1-2H3. The molecule has 0 aromatic heterocycles. The summed E-state index contributed by atoms with van der Waals surface area (Å²) >= 11 is 0. The molecule has 3 heteroatoms. The lowest BCUT2D eigenvalue weighted by molar-refractivity contribution is 0.513. The molecular formula is C28H25F3. The van der Waals surface area contributed by atoms with Crippen LogP contribution in [-0.2, 0) is 0 Å². The van der Waals surface area contributed by atoms with Crippen molar-refractivity contribution >= 4 is 0 Å². The maximum Gasteiger partial charge on any atom is 0.167 e. The first-order chi connectivity index (χ1) is 14.9. The van der Waals surface area contributed by atoms with Crippen LogP contribution in [0.4, 0.5) is 13.2 Å². The molecule has 0 spiro atoms. The molecule has 0 aliphatic rings. The van der Waals surface area contributed by atoms with Crippen LogP contribution in [0, 0.1) is 31.3 Å². The van der Waals surface area contributed by atoms with Gasteiger partial charge in [-0.1, -0.05) is 97.8 Å². The Bertz CT molecular complexity index is 1170. The second kappa shape index (κ2) is 9.65. The van der Waals surface area contributed by atoms with Gasteiger partial charge < -0.3 is 0 Å². The molecule has 0 saturated heterocycles. The number of benzene rings is 4. The Morgan fingerprint density at radius 1 is 0.452 bits per heavy atom. The molecule has 0 aliphatic carbocycles. The Balaban J connectivity index is 0.00000132. The van der Waals surface area contributed by atoms with E-state index in [1.54, 1.807) is 24.3 Å². The van der Waals surface area contributed by atoms with E-state index in [2.05, 4.69) is 0 Å². The first-order valence-electron chi connectivity index (χ1n) is 10.4. The van der Waals surface area contributed by atoms with Crippen LogP contribution in [0.1, 0.15) is 25.0 Å². The summed E-state index contributed by atoms with van der Waals surface area (Å²) in [4.78, 5) is 0. The molecule has 0 saturated carbocycles. The fraction of sp³-hybridized carbons (Fsp3) is 0.143. The van der Waals surface area contributed by atoms with E-state index in [0.717, 1.165) is 16.7 Å². The van der Waals surface area contributed by atoms with E-state index in [0.29, 0.717) is 16.7 Å². The van der Waals surface area contributed by atoms with Crippen molar-refractivity contribution in [1.29, 1.82) is 0 Å². The van der Waals surface area contributed by atoms with E-state index < -0.39 is 17.5 Å². The van der Waals surface area contributed by atoms with Gasteiger partial charge in [-0.05, 0) is 36.6 Å². The number of hydrogen-bond acceptors (Lipinski definition) is 0. The molecule has 0 nitrogen and oxygen atoms in total. The summed E-state index contributed by atoms with van der Waals surface area (Å²) in [5.74, 6) is -2.39. The predicted molar refractivity (Wildman–Crippen MR) is 123 cm³/mol. The van der Waals surface area contributed by atoms with E-state index in [-0.39, 0.29) is 11.1 Å². The summed E-state index contributed by atoms with van der Waals surface area (Å²) in [6, 6.07) is 22.2. The number of hydrogen-bond donors (Lipinski definition) is 0. The highest BCUT2D eigenvalue weighted by atomic mass is 19.2. The molecule has 31 heavy (non-hydrogen) atoms. The Hall–Kier alpha value is -3.33. The van der Waals surface area contributed by atoms with Gasteiger partial charge in [0.15, 0.2) is 11.6 Å². The predicted octanol–water partition coefficient (Wildman–Crippen LogP) is 8.75. The summed E-state index contributed by atoms with van der Waals surface area (Å²) < 4.78 is 44.3. The van der Waals surface area contributed by atoms with Crippen LogP contribution in [-0.4, -0.2) is 0 Å². The second-order valence-electron chi connectivity index (χ2n) is 7.22. The van der Waals surface area contributed by atoms with Crippen molar-refractivity contribution < 1.29 is 13.2 Å². The van der Waals surface area contributed by atoms with Crippen LogP contribution in [0.3, 0.4) is 0 Å². The van der Waals surface area contributed by atoms with Crippen LogP contribution in [0.15, 0.2) is 78.9 Å². The van der Waals surface area contributed by atoms with Crippen molar-refractivity contribution in [2.45, 2.75) is 27.7 Å². The first kappa shape index (κ1) is 22.4. The molecule has 0 unspecified atom stereocenters. The summed E-state index contributed by atoms with van der Waals surface area (Å²) in [6.45, 7) is 7.89. The largest absolute Gasteiger partial charge is 0.206 e. The lowest BCUT2D eigenvalue weighted by Gasteiger charge is -2.11. The quantitative estimate of drug-likeness (QED) is 0.312. The Morgan fingerprint density at radius 2 is 0.806 bits per heavy atom. The highest BCUT2D eigenvalue weighted by Crippen LogP contribution is 2.33. The summed E-state index contributed by atoms with van der Waals surface area (Å²) in [6.07, 6.45) is 0. The summed E-state index contributed by atoms with van der Waals surface area (Å²) in [7, 11) is 0. The van der Waals surface area contributed by atoms with Crippen molar-refractivity contribution in [1.82, 2.24) is 0 Å². The molecular weight excluding hydrogens is 393 g/mol. The van der Waals surface area contributed by atoms with Gasteiger partial charge in [-0.25, -0.2) is 13.2 Å². The SMILES string of the molecule is CC.Cc1ccc(-c2ccc(-c3ccc(-c4ccc(C)cc4)c(F)c3F)cc2F)cc1. The molecule has 0 atom stereocenters. The van der Waals surface area contributed by atoms with Crippen LogP contribution in [0.25, 0.3) is 33.4 Å². The van der Waals surface area contributed by atoms with Gasteiger partial charge in [0, 0.05) is 16.7 Å². The van der Waals surface area contributed by atoms with E-state index in [1.807, 2.05) is 64.1 Å². The van der Waals surface area contributed by atoms with Gasteiger partial charge >= 0.3 is 0 Å². The van der Waals surface area contributed by atoms with Gasteiger partial charge in [-0.15, -0.1) is 0 Å². The van der Waals surface area contributed by atoms with Crippen LogP contribution in [0.2, 0.25) is 0 Å². The minimum atomic E-state index is -0.981. The molecule has 4 aromatic carbocycles. The van der Waals surface area contributed by atoms with E-state index >= 15 is 0 Å². The van der Waals surface area contributed by atoms with Crippen LogP contribution < -0.4 is 0 Å². The van der Waals surface area contributed by atoms with Crippen molar-refractivity contribution in [3.8, 4) is 33.4 Å². The van der Waals surface area contributed by atoms with Gasteiger partial charge in [0.1, 0.15) is 5.82 Å². The number of halogens is 3. The topological polar surface area (TPSA) is 0 Å². The minimum Gasteiger partial charge on any atom is -0.206 e. The lowest BCUT2D eigenvalue weighted by Crippen LogP contribution is -1.95. The van der Waals surface area contributed by atoms with Crippen LogP contribution >= 0.6 is 0 Å². The third-order valence-electron chi connectivity index (χ3n) is 5.09. The van der Waals surface area contributed by atoms with E-state index in [1.165, 1.54) is 18.2 Å². The molecule has 0 fully saturated rings. The monoisotopic (exact) mass is 418 g/mol. The average molecular weight is 419 g/mol. The highest BCUT2D eigenvalue weighted by molar-refractivity contribution is 5.74. The zero-order valence-electron chi connectivity index (χ0n) is 18.1. The smallest absolute Gasteiger partial charge is 0.167 e. The van der Waals surface area contributed by atoms with Gasteiger partial charge in [-0.2, -0.15) is 0 Å². The Morgan fingerprint density at radius 3 is 1.26 bits per heavy atom. The molecule has 158 valence electrons. The fourth-order valence-corrected chi connectivity index (χ4v) is 3.38. The van der Waals surface area contributed by atoms with Crippen molar-refractivity contribution in [2.24, 2.45) is 0 Å².